The third-order valence-electron chi connectivity index (χ3n) is 2.58. The fraction of sp³-hybridized carbons (Fsp3) is 0.385. The minimum absolute atomic E-state index is 0.0391. The minimum atomic E-state index is -3.56. The summed E-state index contributed by atoms with van der Waals surface area (Å²) in [5.41, 5.74) is 0.947. The number of hydrogen-bond donors (Lipinski definition) is 2. The van der Waals surface area contributed by atoms with Crippen LogP contribution in [0.5, 0.6) is 0 Å². The highest BCUT2D eigenvalue weighted by atomic mass is 35.5. The third-order valence-corrected chi connectivity index (χ3v) is 4.33. The van der Waals surface area contributed by atoms with Crippen molar-refractivity contribution in [3.8, 4) is 0 Å². The molecule has 19 heavy (non-hydrogen) atoms. The van der Waals surface area contributed by atoms with Gasteiger partial charge in [-0.25, -0.2) is 13.1 Å². The summed E-state index contributed by atoms with van der Waals surface area (Å²) in [5, 5.41) is 10.0. The van der Waals surface area contributed by atoms with E-state index in [4.69, 9.17) is 11.6 Å². The van der Waals surface area contributed by atoms with Crippen molar-refractivity contribution < 1.29 is 13.5 Å². The number of hydrogen-bond acceptors (Lipinski definition) is 3. The molecule has 0 saturated heterocycles. The molecule has 0 saturated carbocycles. The van der Waals surface area contributed by atoms with Crippen LogP contribution >= 0.6 is 11.6 Å². The van der Waals surface area contributed by atoms with Gasteiger partial charge in [0.25, 0.3) is 0 Å². The van der Waals surface area contributed by atoms with Crippen molar-refractivity contribution in [1.82, 2.24) is 4.72 Å². The van der Waals surface area contributed by atoms with E-state index >= 15 is 0 Å². The standard InChI is InChI=1S/C13H18ClNO3S/c1-10(14)9-19(17,18)15-11(2)13(16)8-12-6-4-3-5-7-12/h3-7,11,13,15-16H,1,8-9H2,2H3/t11-,13+/m1/s1. The van der Waals surface area contributed by atoms with Crippen LogP contribution in [0.25, 0.3) is 0 Å². The van der Waals surface area contributed by atoms with Gasteiger partial charge in [0.1, 0.15) is 0 Å². The van der Waals surface area contributed by atoms with Crippen LogP contribution in [0.1, 0.15) is 12.5 Å². The number of sulfonamides is 1. The average Bonchev–Trinajstić information content (AvgIpc) is 2.27. The Labute approximate surface area is 119 Å². The minimum Gasteiger partial charge on any atom is -0.391 e. The zero-order valence-corrected chi connectivity index (χ0v) is 12.3. The van der Waals surface area contributed by atoms with Gasteiger partial charge in [0.05, 0.1) is 11.9 Å². The largest absolute Gasteiger partial charge is 0.391 e. The molecule has 0 amide bonds. The number of halogens is 1. The lowest BCUT2D eigenvalue weighted by Crippen LogP contribution is -2.43. The lowest BCUT2D eigenvalue weighted by molar-refractivity contribution is 0.144. The molecule has 1 rings (SSSR count). The molecule has 0 spiro atoms. The van der Waals surface area contributed by atoms with E-state index in [0.29, 0.717) is 6.42 Å². The second kappa shape index (κ2) is 7.05. The molecule has 0 aliphatic rings. The predicted molar refractivity (Wildman–Crippen MR) is 77.5 cm³/mol. The Kier molecular flexibility index (Phi) is 6.00. The fourth-order valence-electron chi connectivity index (χ4n) is 1.64. The summed E-state index contributed by atoms with van der Waals surface area (Å²) in [6.45, 7) is 4.96. The van der Waals surface area contributed by atoms with Gasteiger partial charge in [0.15, 0.2) is 0 Å². The van der Waals surface area contributed by atoms with E-state index in [0.717, 1.165) is 5.56 Å². The molecule has 6 heteroatoms. The van der Waals surface area contributed by atoms with Gasteiger partial charge < -0.3 is 5.11 Å². The first kappa shape index (κ1) is 16.2. The van der Waals surface area contributed by atoms with Crippen LogP contribution in [0.15, 0.2) is 41.9 Å². The Morgan fingerprint density at radius 2 is 2.00 bits per heavy atom. The predicted octanol–water partition coefficient (Wildman–Crippen LogP) is 1.65. The van der Waals surface area contributed by atoms with E-state index in [9.17, 15) is 13.5 Å². The van der Waals surface area contributed by atoms with Crippen molar-refractivity contribution in [2.24, 2.45) is 0 Å². The van der Waals surface area contributed by atoms with Gasteiger partial charge in [-0.2, -0.15) is 0 Å². The Balaban J connectivity index is 2.58. The Morgan fingerprint density at radius 1 is 1.42 bits per heavy atom. The second-order valence-corrected chi connectivity index (χ2v) is 6.73. The zero-order chi connectivity index (χ0) is 14.5. The van der Waals surface area contributed by atoms with Gasteiger partial charge in [-0.15, -0.1) is 0 Å². The van der Waals surface area contributed by atoms with Crippen LogP contribution in [0.4, 0.5) is 0 Å². The van der Waals surface area contributed by atoms with Gasteiger partial charge in [-0.3, -0.25) is 0 Å². The van der Waals surface area contributed by atoms with Crippen LogP contribution in [0.3, 0.4) is 0 Å². The maximum atomic E-state index is 11.6. The average molecular weight is 304 g/mol. The summed E-state index contributed by atoms with van der Waals surface area (Å²) in [6.07, 6.45) is -0.424. The smallest absolute Gasteiger partial charge is 0.216 e. The third kappa shape index (κ3) is 6.20. The topological polar surface area (TPSA) is 66.4 Å². The van der Waals surface area contributed by atoms with Gasteiger partial charge in [0.2, 0.25) is 10.0 Å². The maximum absolute atomic E-state index is 11.6. The van der Waals surface area contributed by atoms with Crippen molar-refractivity contribution in [2.45, 2.75) is 25.5 Å². The number of aliphatic hydroxyl groups excluding tert-OH is 1. The highest BCUT2D eigenvalue weighted by Gasteiger charge is 2.21. The molecule has 0 unspecified atom stereocenters. The normalized spacial score (nSPS) is 14.9. The fourth-order valence-corrected chi connectivity index (χ4v) is 3.29. The lowest BCUT2D eigenvalue weighted by atomic mass is 10.0. The van der Waals surface area contributed by atoms with E-state index in [1.807, 2.05) is 30.3 Å². The number of aliphatic hydroxyl groups is 1. The van der Waals surface area contributed by atoms with Crippen molar-refractivity contribution in [3.05, 3.63) is 47.5 Å². The molecule has 0 bridgehead atoms. The number of rotatable bonds is 7. The molecule has 4 nitrogen and oxygen atoms in total. The molecule has 1 aromatic rings. The van der Waals surface area contributed by atoms with E-state index in [1.165, 1.54) is 0 Å². The molecule has 0 aromatic heterocycles. The summed E-state index contributed by atoms with van der Waals surface area (Å²) >= 11 is 5.48. The lowest BCUT2D eigenvalue weighted by Gasteiger charge is -2.20. The summed E-state index contributed by atoms with van der Waals surface area (Å²) in [7, 11) is -3.56. The van der Waals surface area contributed by atoms with Crippen molar-refractivity contribution in [2.75, 3.05) is 5.75 Å². The molecule has 0 heterocycles. The second-order valence-electron chi connectivity index (χ2n) is 4.44. The molecule has 0 aliphatic heterocycles. The van der Waals surface area contributed by atoms with Crippen LogP contribution < -0.4 is 4.72 Å². The van der Waals surface area contributed by atoms with E-state index < -0.39 is 22.2 Å². The molecule has 0 aliphatic carbocycles. The Bertz CT molecular complexity index is 516. The summed E-state index contributed by atoms with van der Waals surface area (Å²) in [4.78, 5) is 0. The maximum Gasteiger partial charge on any atom is 0.216 e. The van der Waals surface area contributed by atoms with Crippen LogP contribution in [-0.4, -0.2) is 31.4 Å². The van der Waals surface area contributed by atoms with Gasteiger partial charge in [0, 0.05) is 11.1 Å². The van der Waals surface area contributed by atoms with Gasteiger partial charge >= 0.3 is 0 Å². The Morgan fingerprint density at radius 3 is 2.53 bits per heavy atom. The molecule has 2 atom stereocenters. The highest BCUT2D eigenvalue weighted by Crippen LogP contribution is 2.08. The number of nitrogens with one attached hydrogen (secondary N) is 1. The van der Waals surface area contributed by atoms with E-state index in [-0.39, 0.29) is 10.8 Å². The zero-order valence-electron chi connectivity index (χ0n) is 10.7. The summed E-state index contributed by atoms with van der Waals surface area (Å²) in [5.74, 6) is -0.350. The first-order valence-corrected chi connectivity index (χ1v) is 7.88. The molecular weight excluding hydrogens is 286 g/mol. The first-order chi connectivity index (χ1) is 8.80. The first-order valence-electron chi connectivity index (χ1n) is 5.85. The van der Waals surface area contributed by atoms with Gasteiger partial charge in [-0.05, 0) is 18.9 Å². The Hall–Kier alpha value is -0.880. The van der Waals surface area contributed by atoms with E-state index in [2.05, 4.69) is 11.3 Å². The van der Waals surface area contributed by atoms with Crippen molar-refractivity contribution in [3.63, 3.8) is 0 Å². The van der Waals surface area contributed by atoms with Crippen LogP contribution in [-0.2, 0) is 16.4 Å². The molecule has 0 radical (unpaired) electrons. The van der Waals surface area contributed by atoms with Crippen LogP contribution in [0.2, 0.25) is 0 Å². The number of benzene rings is 1. The van der Waals surface area contributed by atoms with Crippen molar-refractivity contribution in [1.29, 1.82) is 0 Å². The molecule has 1 aromatic carbocycles. The summed E-state index contributed by atoms with van der Waals surface area (Å²) < 4.78 is 25.7. The van der Waals surface area contributed by atoms with E-state index in [1.54, 1.807) is 6.92 Å². The highest BCUT2D eigenvalue weighted by molar-refractivity contribution is 7.89. The summed E-state index contributed by atoms with van der Waals surface area (Å²) in [6, 6.07) is 8.79. The van der Waals surface area contributed by atoms with Crippen LogP contribution in [0, 0.1) is 0 Å². The molecular formula is C13H18ClNO3S. The molecule has 0 fully saturated rings. The molecule has 2 N–H and O–H groups in total. The quantitative estimate of drug-likeness (QED) is 0.805. The van der Waals surface area contributed by atoms with Gasteiger partial charge in [-0.1, -0.05) is 48.5 Å². The van der Waals surface area contributed by atoms with Crippen molar-refractivity contribution >= 4 is 21.6 Å². The molecule has 106 valence electrons. The monoisotopic (exact) mass is 303 g/mol. The SMILES string of the molecule is C=C(Cl)CS(=O)(=O)N[C@H](C)[C@@H](O)Cc1ccccc1.